The van der Waals surface area contributed by atoms with Gasteiger partial charge >= 0.3 is 6.09 Å². The van der Waals surface area contributed by atoms with Crippen LogP contribution in [-0.2, 0) is 9.53 Å². The minimum Gasteiger partial charge on any atom is -0.497 e. The van der Waals surface area contributed by atoms with Gasteiger partial charge in [0, 0.05) is 36.3 Å². The maximum absolute atomic E-state index is 13.1. The van der Waals surface area contributed by atoms with Crippen molar-refractivity contribution in [3.05, 3.63) is 70.3 Å². The van der Waals surface area contributed by atoms with Crippen LogP contribution < -0.4 is 10.1 Å². The Bertz CT molecular complexity index is 1390. The molecule has 1 atom stereocenters. The highest BCUT2D eigenvalue weighted by Crippen LogP contribution is 2.34. The highest BCUT2D eigenvalue weighted by molar-refractivity contribution is 6.30. The molecule has 0 saturated heterocycles. The minimum absolute atomic E-state index is 0.0382. The maximum atomic E-state index is 13.1. The van der Waals surface area contributed by atoms with Gasteiger partial charge in [-0.2, -0.15) is 0 Å². The van der Waals surface area contributed by atoms with E-state index in [1.165, 1.54) is 4.90 Å². The zero-order valence-electron chi connectivity index (χ0n) is 23.0. The standard InChI is InChI=1S/C28H33ClN6O4/c1-17-32-33-26-22(16-24(36)30-13-14-34(5)27(37)39-28(2,3)4)31-25(18-7-9-19(29)10-8-18)21-15-20(38-6)11-12-23(21)35(17)26/h7-12,15,22H,13-14,16H2,1-6H3,(H,30,36). The third-order valence-electron chi connectivity index (χ3n) is 6.10. The van der Waals surface area contributed by atoms with E-state index in [1.54, 1.807) is 47.1 Å². The summed E-state index contributed by atoms with van der Waals surface area (Å²) in [4.78, 5) is 31.8. The predicted molar refractivity (Wildman–Crippen MR) is 149 cm³/mol. The van der Waals surface area contributed by atoms with Gasteiger partial charge in [0.25, 0.3) is 0 Å². The molecule has 1 N–H and O–H groups in total. The van der Waals surface area contributed by atoms with Gasteiger partial charge in [-0.1, -0.05) is 23.7 Å². The number of likely N-dealkylation sites (N-methyl/N-ethyl adjacent to an activating group) is 1. The SMILES string of the molecule is COc1ccc2c(c1)C(c1ccc(Cl)cc1)=NC(CC(=O)NCCN(C)C(=O)OC(C)(C)C)c1nnc(C)n1-2. The first kappa shape index (κ1) is 28.1. The summed E-state index contributed by atoms with van der Waals surface area (Å²) in [6.07, 6.45) is -0.411. The Morgan fingerprint density at radius 3 is 2.51 bits per heavy atom. The summed E-state index contributed by atoms with van der Waals surface area (Å²) in [5.74, 6) is 1.68. The van der Waals surface area contributed by atoms with Crippen molar-refractivity contribution in [2.45, 2.75) is 45.8 Å². The summed E-state index contributed by atoms with van der Waals surface area (Å²) < 4.78 is 12.8. The molecule has 2 aromatic carbocycles. The van der Waals surface area contributed by atoms with Gasteiger partial charge in [0.2, 0.25) is 5.91 Å². The molecular weight excluding hydrogens is 520 g/mol. The molecule has 1 aliphatic heterocycles. The summed E-state index contributed by atoms with van der Waals surface area (Å²) >= 11 is 6.16. The molecular formula is C28H33ClN6O4. The van der Waals surface area contributed by atoms with E-state index in [4.69, 9.17) is 26.1 Å². The zero-order chi connectivity index (χ0) is 28.3. The molecule has 0 spiro atoms. The van der Waals surface area contributed by atoms with Crippen molar-refractivity contribution in [2.24, 2.45) is 4.99 Å². The number of rotatable bonds is 7. The van der Waals surface area contributed by atoms with Gasteiger partial charge in [-0.15, -0.1) is 10.2 Å². The number of methoxy groups -OCH3 is 1. The predicted octanol–water partition coefficient (Wildman–Crippen LogP) is 4.50. The van der Waals surface area contributed by atoms with Crippen LogP contribution in [0.25, 0.3) is 5.69 Å². The van der Waals surface area contributed by atoms with E-state index in [0.29, 0.717) is 34.7 Å². The third kappa shape index (κ3) is 6.57. The first-order valence-corrected chi connectivity index (χ1v) is 13.0. The van der Waals surface area contributed by atoms with Crippen molar-refractivity contribution in [1.82, 2.24) is 25.0 Å². The highest BCUT2D eigenvalue weighted by Gasteiger charge is 2.30. The number of hydrogen-bond acceptors (Lipinski definition) is 7. The van der Waals surface area contributed by atoms with E-state index in [0.717, 1.165) is 16.8 Å². The molecule has 11 heteroatoms. The summed E-state index contributed by atoms with van der Waals surface area (Å²) in [7, 11) is 3.24. The van der Waals surface area contributed by atoms with Crippen molar-refractivity contribution < 1.29 is 19.1 Å². The van der Waals surface area contributed by atoms with Crippen LogP contribution in [0.15, 0.2) is 47.5 Å². The lowest BCUT2D eigenvalue weighted by molar-refractivity contribution is -0.121. The van der Waals surface area contributed by atoms with Crippen molar-refractivity contribution in [2.75, 3.05) is 27.2 Å². The van der Waals surface area contributed by atoms with E-state index in [9.17, 15) is 9.59 Å². The van der Waals surface area contributed by atoms with Gasteiger partial charge in [-0.05, 0) is 58.0 Å². The molecule has 0 bridgehead atoms. The molecule has 1 aliphatic rings. The van der Waals surface area contributed by atoms with Crippen molar-refractivity contribution in [3.8, 4) is 11.4 Å². The van der Waals surface area contributed by atoms with Crippen molar-refractivity contribution >= 4 is 29.3 Å². The lowest BCUT2D eigenvalue weighted by atomic mass is 10.00. The number of aromatic nitrogens is 3. The zero-order valence-corrected chi connectivity index (χ0v) is 23.7. The summed E-state index contributed by atoms with van der Waals surface area (Å²) in [6, 6.07) is 12.5. The van der Waals surface area contributed by atoms with Gasteiger partial charge in [0.1, 0.15) is 23.2 Å². The van der Waals surface area contributed by atoms with Crippen LogP contribution in [-0.4, -0.2) is 70.2 Å². The maximum Gasteiger partial charge on any atom is 0.410 e. The van der Waals surface area contributed by atoms with Crippen LogP contribution in [0.5, 0.6) is 5.75 Å². The van der Waals surface area contributed by atoms with Crippen molar-refractivity contribution in [3.63, 3.8) is 0 Å². The molecule has 0 radical (unpaired) electrons. The Labute approximate surface area is 233 Å². The number of nitrogens with zero attached hydrogens (tertiary/aromatic N) is 5. The molecule has 10 nitrogen and oxygen atoms in total. The smallest absolute Gasteiger partial charge is 0.410 e. The highest BCUT2D eigenvalue weighted by atomic mass is 35.5. The molecule has 0 fully saturated rings. The molecule has 4 rings (SSSR count). The molecule has 0 aliphatic carbocycles. The summed E-state index contributed by atoms with van der Waals surface area (Å²) in [5.41, 5.74) is 2.60. The number of ether oxygens (including phenoxy) is 2. The third-order valence-corrected chi connectivity index (χ3v) is 6.36. The molecule has 1 unspecified atom stereocenters. The lowest BCUT2D eigenvalue weighted by Crippen LogP contribution is -2.39. The molecule has 3 aromatic rings. The average Bonchev–Trinajstić information content (AvgIpc) is 3.20. The van der Waals surface area contributed by atoms with Crippen molar-refractivity contribution in [1.29, 1.82) is 0 Å². The number of halogens is 1. The number of fused-ring (bicyclic) bond motifs is 3. The van der Waals surface area contributed by atoms with Gasteiger partial charge in [0.05, 0.1) is 24.9 Å². The van der Waals surface area contributed by atoms with Gasteiger partial charge in [-0.25, -0.2) is 4.79 Å². The van der Waals surface area contributed by atoms with Crippen LogP contribution in [0.3, 0.4) is 0 Å². The fraction of sp³-hybridized carbons (Fsp3) is 0.393. The fourth-order valence-corrected chi connectivity index (χ4v) is 4.34. The molecule has 1 aromatic heterocycles. The Kier molecular flexibility index (Phi) is 8.25. The lowest BCUT2D eigenvalue weighted by Gasteiger charge is -2.24. The Morgan fingerprint density at radius 2 is 1.85 bits per heavy atom. The second-order valence-electron chi connectivity index (χ2n) is 10.3. The average molecular weight is 553 g/mol. The number of aryl methyl sites for hydroxylation is 1. The second kappa shape index (κ2) is 11.4. The molecule has 2 heterocycles. The Morgan fingerprint density at radius 1 is 1.13 bits per heavy atom. The first-order chi connectivity index (χ1) is 18.5. The Balaban J connectivity index is 1.61. The first-order valence-electron chi connectivity index (χ1n) is 12.6. The van der Waals surface area contributed by atoms with E-state index in [2.05, 4.69) is 15.5 Å². The number of hydrogen-bond donors (Lipinski definition) is 1. The summed E-state index contributed by atoms with van der Waals surface area (Å²) in [5, 5.41) is 12.2. The van der Waals surface area contributed by atoms with Gasteiger partial charge < -0.3 is 19.7 Å². The fourth-order valence-electron chi connectivity index (χ4n) is 4.22. The van der Waals surface area contributed by atoms with Gasteiger partial charge in [0.15, 0.2) is 5.82 Å². The van der Waals surface area contributed by atoms with Crippen LogP contribution in [0.4, 0.5) is 4.79 Å². The number of carbonyl (C=O) groups is 2. The van der Waals surface area contributed by atoms with Crippen LogP contribution >= 0.6 is 11.6 Å². The van der Waals surface area contributed by atoms with E-state index >= 15 is 0 Å². The normalized spacial score (nSPS) is 14.4. The number of nitrogens with one attached hydrogen (secondary N) is 1. The van der Waals surface area contributed by atoms with E-state index in [1.807, 2.05) is 41.8 Å². The number of carbonyl (C=O) groups excluding carboxylic acids is 2. The van der Waals surface area contributed by atoms with E-state index in [-0.39, 0.29) is 18.9 Å². The number of amides is 2. The second-order valence-corrected chi connectivity index (χ2v) is 10.7. The van der Waals surface area contributed by atoms with Gasteiger partial charge in [-0.3, -0.25) is 14.4 Å². The number of aliphatic imine (C=N–C) groups is 1. The quantitative estimate of drug-likeness (QED) is 0.462. The number of benzene rings is 2. The monoisotopic (exact) mass is 552 g/mol. The molecule has 206 valence electrons. The molecule has 39 heavy (non-hydrogen) atoms. The van der Waals surface area contributed by atoms with Crippen LogP contribution in [0.1, 0.15) is 56.0 Å². The van der Waals surface area contributed by atoms with Crippen LogP contribution in [0.2, 0.25) is 5.02 Å². The van der Waals surface area contributed by atoms with Crippen LogP contribution in [0, 0.1) is 6.92 Å². The Hall–Kier alpha value is -3.92. The molecule has 0 saturated carbocycles. The largest absolute Gasteiger partial charge is 0.497 e. The topological polar surface area (TPSA) is 111 Å². The minimum atomic E-state index is -0.612. The summed E-state index contributed by atoms with van der Waals surface area (Å²) in [6.45, 7) is 7.84. The molecule has 2 amide bonds. The van der Waals surface area contributed by atoms with E-state index < -0.39 is 17.7 Å².